The minimum absolute atomic E-state index is 0.0618. The van der Waals surface area contributed by atoms with Crippen LogP contribution in [0.15, 0.2) is 18.5 Å². The van der Waals surface area contributed by atoms with Crippen molar-refractivity contribution < 1.29 is 22.3 Å². The standard InChI is InChI=1S/C16H19ClFN5O4S/c1-10-19-9-23(21-10)12-6-13(15(18)14(17)7-12)16(24)20-22-28(25,26)8-11-2-4-27-5-3-11/h6-7,9,11,22H,2-5,8H2,1H3,(H,20,24). The molecule has 1 fully saturated rings. The predicted molar refractivity (Wildman–Crippen MR) is 99.0 cm³/mol. The van der Waals surface area contributed by atoms with Gasteiger partial charge >= 0.3 is 0 Å². The molecule has 0 radical (unpaired) electrons. The fourth-order valence-electron chi connectivity index (χ4n) is 2.80. The average molecular weight is 432 g/mol. The molecule has 3 rings (SSSR count). The lowest BCUT2D eigenvalue weighted by Crippen LogP contribution is -2.44. The first kappa shape index (κ1) is 20.6. The molecule has 0 unspecified atom stereocenters. The maximum absolute atomic E-state index is 14.3. The van der Waals surface area contributed by atoms with E-state index in [1.54, 1.807) is 6.92 Å². The molecule has 1 aromatic heterocycles. The third-order valence-corrected chi connectivity index (χ3v) is 5.84. The summed E-state index contributed by atoms with van der Waals surface area (Å²) in [5.41, 5.74) is 1.91. The molecule has 2 aromatic rings. The van der Waals surface area contributed by atoms with Crippen LogP contribution in [-0.2, 0) is 14.8 Å². The molecule has 1 saturated heterocycles. The van der Waals surface area contributed by atoms with Crippen molar-refractivity contribution in [2.45, 2.75) is 19.8 Å². The maximum Gasteiger partial charge on any atom is 0.269 e. The van der Waals surface area contributed by atoms with Crippen molar-refractivity contribution in [1.82, 2.24) is 25.0 Å². The van der Waals surface area contributed by atoms with Gasteiger partial charge in [0.15, 0.2) is 5.82 Å². The minimum Gasteiger partial charge on any atom is -0.381 e. The van der Waals surface area contributed by atoms with Crippen molar-refractivity contribution in [2.75, 3.05) is 19.0 Å². The van der Waals surface area contributed by atoms with E-state index in [9.17, 15) is 17.6 Å². The summed E-state index contributed by atoms with van der Waals surface area (Å²) in [5.74, 6) is -1.68. The molecule has 1 aliphatic heterocycles. The summed E-state index contributed by atoms with van der Waals surface area (Å²) < 4.78 is 45.2. The van der Waals surface area contributed by atoms with Gasteiger partial charge in [-0.2, -0.15) is 5.10 Å². The Hall–Kier alpha value is -2.08. The Balaban J connectivity index is 1.72. The van der Waals surface area contributed by atoms with Gasteiger partial charge in [-0.25, -0.2) is 22.5 Å². The van der Waals surface area contributed by atoms with Gasteiger partial charge in [-0.1, -0.05) is 11.6 Å². The van der Waals surface area contributed by atoms with Crippen molar-refractivity contribution >= 4 is 27.5 Å². The lowest BCUT2D eigenvalue weighted by Gasteiger charge is -2.21. The monoisotopic (exact) mass is 431 g/mol. The Labute approximate surface area is 166 Å². The van der Waals surface area contributed by atoms with Gasteiger partial charge in [-0.05, 0) is 37.8 Å². The second-order valence-electron chi connectivity index (χ2n) is 6.42. The molecular weight excluding hydrogens is 413 g/mol. The van der Waals surface area contributed by atoms with E-state index in [1.165, 1.54) is 23.1 Å². The number of carbonyl (C=O) groups is 1. The smallest absolute Gasteiger partial charge is 0.269 e. The predicted octanol–water partition coefficient (Wildman–Crippen LogP) is 1.36. The molecule has 152 valence electrons. The molecule has 0 saturated carbocycles. The number of benzene rings is 1. The highest BCUT2D eigenvalue weighted by Crippen LogP contribution is 2.23. The van der Waals surface area contributed by atoms with Crippen LogP contribution in [0.25, 0.3) is 5.69 Å². The number of amides is 1. The second kappa shape index (κ2) is 8.52. The van der Waals surface area contributed by atoms with E-state index in [0.29, 0.717) is 37.6 Å². The summed E-state index contributed by atoms with van der Waals surface area (Å²) in [5, 5.41) is 3.77. The summed E-state index contributed by atoms with van der Waals surface area (Å²) in [6.07, 6.45) is 2.63. The summed E-state index contributed by atoms with van der Waals surface area (Å²) in [6, 6.07) is 2.49. The Morgan fingerprint density at radius 2 is 2.11 bits per heavy atom. The summed E-state index contributed by atoms with van der Waals surface area (Å²) >= 11 is 5.87. The molecule has 1 amide bonds. The van der Waals surface area contributed by atoms with E-state index in [1.807, 2.05) is 10.3 Å². The fourth-order valence-corrected chi connectivity index (χ4v) is 4.30. The molecule has 12 heteroatoms. The molecule has 1 aromatic carbocycles. The van der Waals surface area contributed by atoms with Gasteiger partial charge in [-0.15, -0.1) is 4.83 Å². The highest BCUT2D eigenvalue weighted by Gasteiger charge is 2.23. The van der Waals surface area contributed by atoms with Gasteiger partial charge in [0.1, 0.15) is 12.2 Å². The zero-order chi connectivity index (χ0) is 20.3. The first-order valence-corrected chi connectivity index (χ1v) is 10.5. The van der Waals surface area contributed by atoms with Crippen molar-refractivity contribution in [1.29, 1.82) is 0 Å². The normalized spacial score (nSPS) is 15.5. The number of hydrazine groups is 1. The molecule has 1 aliphatic rings. The zero-order valence-electron chi connectivity index (χ0n) is 15.0. The van der Waals surface area contributed by atoms with Crippen LogP contribution in [0.5, 0.6) is 0 Å². The van der Waals surface area contributed by atoms with Crippen LogP contribution in [-0.4, -0.2) is 48.1 Å². The fraction of sp³-hybridized carbons (Fsp3) is 0.438. The number of hydrogen-bond acceptors (Lipinski definition) is 6. The number of aryl methyl sites for hydroxylation is 1. The number of nitrogens with zero attached hydrogens (tertiary/aromatic N) is 3. The van der Waals surface area contributed by atoms with Crippen molar-refractivity contribution in [3.63, 3.8) is 0 Å². The van der Waals surface area contributed by atoms with Crippen LogP contribution >= 0.6 is 11.6 Å². The lowest BCUT2D eigenvalue weighted by atomic mass is 10.0. The van der Waals surface area contributed by atoms with Gasteiger partial charge in [0.25, 0.3) is 5.91 Å². The highest BCUT2D eigenvalue weighted by molar-refractivity contribution is 7.89. The number of carbonyl (C=O) groups excluding carboxylic acids is 1. The van der Waals surface area contributed by atoms with Gasteiger partial charge < -0.3 is 4.74 Å². The number of rotatable bonds is 6. The number of hydrogen-bond donors (Lipinski definition) is 2. The van der Waals surface area contributed by atoms with Crippen LogP contribution in [0.4, 0.5) is 4.39 Å². The molecular formula is C16H19ClFN5O4S. The van der Waals surface area contributed by atoms with E-state index in [-0.39, 0.29) is 16.7 Å². The van der Waals surface area contributed by atoms with Gasteiger partial charge in [0.2, 0.25) is 10.0 Å². The molecule has 2 N–H and O–H groups in total. The first-order chi connectivity index (χ1) is 13.2. The van der Waals surface area contributed by atoms with Crippen molar-refractivity contribution in [2.24, 2.45) is 5.92 Å². The van der Waals surface area contributed by atoms with Gasteiger partial charge in [0, 0.05) is 13.2 Å². The van der Waals surface area contributed by atoms with Crippen LogP contribution in [0.1, 0.15) is 29.0 Å². The van der Waals surface area contributed by atoms with E-state index in [2.05, 4.69) is 10.1 Å². The third kappa shape index (κ3) is 5.04. The summed E-state index contributed by atoms with van der Waals surface area (Å²) in [4.78, 5) is 18.3. The van der Waals surface area contributed by atoms with Gasteiger partial charge in [0.05, 0.1) is 22.0 Å². The van der Waals surface area contributed by atoms with Crippen molar-refractivity contribution in [3.8, 4) is 5.69 Å². The SMILES string of the molecule is Cc1ncn(-c2cc(Cl)c(F)c(C(=O)NNS(=O)(=O)CC3CCOCC3)c2)n1. The Morgan fingerprint density at radius 1 is 1.39 bits per heavy atom. The number of halogens is 2. The molecule has 0 aliphatic carbocycles. The Bertz CT molecular complexity index is 975. The molecule has 0 atom stereocenters. The molecule has 0 spiro atoms. The van der Waals surface area contributed by atoms with Gasteiger partial charge in [-0.3, -0.25) is 10.2 Å². The van der Waals surface area contributed by atoms with E-state index < -0.39 is 27.3 Å². The topological polar surface area (TPSA) is 115 Å². The number of nitrogens with one attached hydrogen (secondary N) is 2. The van der Waals surface area contributed by atoms with Crippen LogP contribution in [0.3, 0.4) is 0 Å². The second-order valence-corrected chi connectivity index (χ2v) is 8.59. The minimum atomic E-state index is -3.79. The van der Waals surface area contributed by atoms with E-state index in [0.717, 1.165) is 0 Å². The maximum atomic E-state index is 14.3. The van der Waals surface area contributed by atoms with E-state index >= 15 is 0 Å². The quantitative estimate of drug-likeness (QED) is 0.667. The first-order valence-electron chi connectivity index (χ1n) is 8.50. The number of sulfonamides is 1. The molecule has 0 bridgehead atoms. The molecule has 2 heterocycles. The number of ether oxygens (including phenoxy) is 1. The van der Waals surface area contributed by atoms with Crippen molar-refractivity contribution in [3.05, 3.63) is 40.7 Å². The zero-order valence-corrected chi connectivity index (χ0v) is 16.6. The number of aromatic nitrogens is 3. The van der Waals surface area contributed by atoms with Crippen LogP contribution < -0.4 is 10.3 Å². The molecule has 9 nitrogen and oxygen atoms in total. The highest BCUT2D eigenvalue weighted by atomic mass is 35.5. The lowest BCUT2D eigenvalue weighted by molar-refractivity contribution is 0.0722. The third-order valence-electron chi connectivity index (χ3n) is 4.24. The van der Waals surface area contributed by atoms with Crippen LogP contribution in [0, 0.1) is 18.7 Å². The summed E-state index contributed by atoms with van der Waals surface area (Å²) in [6.45, 7) is 2.68. The molecule has 28 heavy (non-hydrogen) atoms. The Morgan fingerprint density at radius 3 is 2.75 bits per heavy atom. The summed E-state index contributed by atoms with van der Waals surface area (Å²) in [7, 11) is -3.79. The Kier molecular flexibility index (Phi) is 6.28. The average Bonchev–Trinajstić information content (AvgIpc) is 3.09. The van der Waals surface area contributed by atoms with E-state index in [4.69, 9.17) is 16.3 Å². The largest absolute Gasteiger partial charge is 0.381 e. The van der Waals surface area contributed by atoms with Crippen LogP contribution in [0.2, 0.25) is 5.02 Å².